The van der Waals surface area contributed by atoms with Crippen LogP contribution in [-0.2, 0) is 16.6 Å². The number of hydrogen-bond donors (Lipinski definition) is 2. The molecule has 108 valence electrons. The fraction of sp³-hybridized carbons (Fsp3) is 0.231. The van der Waals surface area contributed by atoms with Gasteiger partial charge in [-0.05, 0) is 43.8 Å². The molecule has 0 amide bonds. The van der Waals surface area contributed by atoms with Gasteiger partial charge in [0, 0.05) is 4.47 Å². The van der Waals surface area contributed by atoms with Crippen molar-refractivity contribution in [2.24, 2.45) is 0 Å². The van der Waals surface area contributed by atoms with Crippen LogP contribution in [0.25, 0.3) is 0 Å². The molecule has 0 aliphatic carbocycles. The van der Waals surface area contributed by atoms with Crippen LogP contribution in [0.4, 0.5) is 5.69 Å². The highest BCUT2D eigenvalue weighted by Crippen LogP contribution is 2.23. The van der Waals surface area contributed by atoms with E-state index in [1.54, 1.807) is 25.2 Å². The van der Waals surface area contributed by atoms with Crippen LogP contribution < -0.4 is 10.0 Å². The van der Waals surface area contributed by atoms with E-state index in [4.69, 9.17) is 4.42 Å². The lowest BCUT2D eigenvalue weighted by Gasteiger charge is -2.07. The molecular formula is C13H15BrN2O3S. The molecule has 1 heterocycles. The summed E-state index contributed by atoms with van der Waals surface area (Å²) in [6.07, 6.45) is 0. The fourth-order valence-corrected chi connectivity index (χ4v) is 3.01. The molecule has 0 saturated carbocycles. The zero-order valence-corrected chi connectivity index (χ0v) is 13.5. The van der Waals surface area contributed by atoms with E-state index in [2.05, 4.69) is 26.0 Å². The lowest BCUT2D eigenvalue weighted by atomic mass is 10.2. The predicted octanol–water partition coefficient (Wildman–Crippen LogP) is 2.87. The van der Waals surface area contributed by atoms with Gasteiger partial charge in [0.1, 0.15) is 5.76 Å². The van der Waals surface area contributed by atoms with Crippen molar-refractivity contribution in [3.63, 3.8) is 0 Å². The van der Waals surface area contributed by atoms with E-state index in [1.807, 2.05) is 13.0 Å². The summed E-state index contributed by atoms with van der Waals surface area (Å²) in [6.45, 7) is 2.41. The van der Waals surface area contributed by atoms with E-state index in [9.17, 15) is 8.42 Å². The second-order valence-corrected chi connectivity index (χ2v) is 6.79. The predicted molar refractivity (Wildman–Crippen MR) is 81.2 cm³/mol. The highest BCUT2D eigenvalue weighted by Gasteiger charge is 2.19. The van der Waals surface area contributed by atoms with Crippen LogP contribution in [0.15, 0.2) is 44.3 Å². The Balaban J connectivity index is 2.23. The molecule has 0 fully saturated rings. The molecule has 1 aromatic heterocycles. The Bertz CT molecular complexity index is 710. The van der Waals surface area contributed by atoms with Gasteiger partial charge in [0.25, 0.3) is 10.0 Å². The minimum atomic E-state index is -3.71. The van der Waals surface area contributed by atoms with Crippen molar-refractivity contribution < 1.29 is 12.8 Å². The third-order valence-corrected chi connectivity index (χ3v) is 4.78. The highest BCUT2D eigenvalue weighted by molar-refractivity contribution is 9.10. The first-order chi connectivity index (χ1) is 9.42. The molecular weight excluding hydrogens is 344 g/mol. The van der Waals surface area contributed by atoms with Crippen LogP contribution in [0.5, 0.6) is 0 Å². The zero-order valence-electron chi connectivity index (χ0n) is 11.1. The molecule has 2 rings (SSSR count). The second kappa shape index (κ2) is 5.99. The number of anilines is 1. The van der Waals surface area contributed by atoms with Gasteiger partial charge in [-0.3, -0.25) is 4.72 Å². The first-order valence-corrected chi connectivity index (χ1v) is 8.22. The summed E-state index contributed by atoms with van der Waals surface area (Å²) >= 11 is 3.37. The lowest BCUT2D eigenvalue weighted by Crippen LogP contribution is -2.12. The van der Waals surface area contributed by atoms with Gasteiger partial charge in [-0.1, -0.05) is 22.0 Å². The molecule has 0 saturated heterocycles. The fourth-order valence-electron chi connectivity index (χ4n) is 1.63. The van der Waals surface area contributed by atoms with Crippen LogP contribution in [-0.4, -0.2) is 15.5 Å². The molecule has 0 unspecified atom stereocenters. The molecule has 0 radical (unpaired) electrons. The Morgan fingerprint density at radius 2 is 2.00 bits per heavy atom. The first kappa shape index (κ1) is 15.1. The van der Waals surface area contributed by atoms with Crippen molar-refractivity contribution in [2.45, 2.75) is 18.6 Å². The lowest BCUT2D eigenvalue weighted by molar-refractivity contribution is 0.408. The molecule has 2 aromatic rings. The van der Waals surface area contributed by atoms with Gasteiger partial charge in [-0.15, -0.1) is 0 Å². The van der Waals surface area contributed by atoms with Crippen LogP contribution >= 0.6 is 15.9 Å². The number of halogens is 1. The number of aryl methyl sites for hydroxylation is 1. The minimum Gasteiger partial charge on any atom is -0.446 e. The molecule has 20 heavy (non-hydrogen) atoms. The van der Waals surface area contributed by atoms with Gasteiger partial charge in [-0.25, -0.2) is 0 Å². The number of rotatable bonds is 5. The largest absolute Gasteiger partial charge is 0.446 e. The minimum absolute atomic E-state index is 0.0977. The summed E-state index contributed by atoms with van der Waals surface area (Å²) in [6, 6.07) is 8.32. The van der Waals surface area contributed by atoms with E-state index in [0.717, 1.165) is 10.0 Å². The van der Waals surface area contributed by atoms with Crippen molar-refractivity contribution in [1.29, 1.82) is 0 Å². The average molecular weight is 359 g/mol. The van der Waals surface area contributed by atoms with Crippen LogP contribution in [0, 0.1) is 6.92 Å². The summed E-state index contributed by atoms with van der Waals surface area (Å²) in [5.41, 5.74) is 1.51. The van der Waals surface area contributed by atoms with Gasteiger partial charge in [-0.2, -0.15) is 8.42 Å². The standard InChI is InChI=1S/C13H15BrN2O3S/c1-9-3-4-10(7-12(9)14)16-20(17,18)13-6-5-11(19-13)8-15-2/h3-7,15-16H,8H2,1-2H3. The summed E-state index contributed by atoms with van der Waals surface area (Å²) in [4.78, 5) is 0. The third kappa shape index (κ3) is 3.41. The van der Waals surface area contributed by atoms with Crippen LogP contribution in [0.3, 0.4) is 0 Å². The Morgan fingerprint density at radius 1 is 1.25 bits per heavy atom. The number of benzene rings is 1. The van der Waals surface area contributed by atoms with Crippen molar-refractivity contribution in [3.8, 4) is 0 Å². The smallest absolute Gasteiger partial charge is 0.295 e. The number of sulfonamides is 1. The molecule has 0 atom stereocenters. The van der Waals surface area contributed by atoms with Crippen molar-refractivity contribution in [3.05, 3.63) is 46.1 Å². The summed E-state index contributed by atoms with van der Waals surface area (Å²) < 4.78 is 33.0. The summed E-state index contributed by atoms with van der Waals surface area (Å²) in [5.74, 6) is 0.568. The van der Waals surface area contributed by atoms with E-state index in [1.165, 1.54) is 6.07 Å². The Kier molecular flexibility index (Phi) is 4.52. The van der Waals surface area contributed by atoms with Crippen LogP contribution in [0.2, 0.25) is 0 Å². The molecule has 5 nitrogen and oxygen atoms in total. The first-order valence-electron chi connectivity index (χ1n) is 5.94. The quantitative estimate of drug-likeness (QED) is 0.861. The van der Waals surface area contributed by atoms with Crippen molar-refractivity contribution in [1.82, 2.24) is 5.32 Å². The zero-order chi connectivity index (χ0) is 14.8. The van der Waals surface area contributed by atoms with Gasteiger partial charge >= 0.3 is 0 Å². The maximum Gasteiger partial charge on any atom is 0.295 e. The normalized spacial score (nSPS) is 11.6. The van der Waals surface area contributed by atoms with Gasteiger partial charge in [0.05, 0.1) is 12.2 Å². The molecule has 7 heteroatoms. The molecule has 0 spiro atoms. The molecule has 0 aliphatic heterocycles. The van der Waals surface area contributed by atoms with Crippen molar-refractivity contribution >= 4 is 31.6 Å². The SMILES string of the molecule is CNCc1ccc(S(=O)(=O)Nc2ccc(C)c(Br)c2)o1. The van der Waals surface area contributed by atoms with Gasteiger partial charge in [0.15, 0.2) is 0 Å². The Labute approximate surface area is 126 Å². The maximum absolute atomic E-state index is 12.2. The van der Waals surface area contributed by atoms with E-state index >= 15 is 0 Å². The van der Waals surface area contributed by atoms with E-state index in [0.29, 0.717) is 18.0 Å². The number of hydrogen-bond acceptors (Lipinski definition) is 4. The second-order valence-electron chi connectivity index (χ2n) is 4.32. The molecule has 0 bridgehead atoms. The highest BCUT2D eigenvalue weighted by atomic mass is 79.9. The monoisotopic (exact) mass is 358 g/mol. The maximum atomic E-state index is 12.2. The molecule has 2 N–H and O–H groups in total. The Morgan fingerprint density at radius 3 is 2.65 bits per heavy atom. The average Bonchev–Trinajstić information content (AvgIpc) is 2.83. The topological polar surface area (TPSA) is 71.3 Å². The van der Waals surface area contributed by atoms with Gasteiger partial charge in [0.2, 0.25) is 5.09 Å². The number of furan rings is 1. The van der Waals surface area contributed by atoms with Crippen molar-refractivity contribution in [2.75, 3.05) is 11.8 Å². The summed E-state index contributed by atoms with van der Waals surface area (Å²) in [7, 11) is -1.94. The van der Waals surface area contributed by atoms with Crippen LogP contribution in [0.1, 0.15) is 11.3 Å². The number of nitrogens with one attached hydrogen (secondary N) is 2. The van der Waals surface area contributed by atoms with E-state index < -0.39 is 10.0 Å². The van der Waals surface area contributed by atoms with Gasteiger partial charge < -0.3 is 9.73 Å². The molecule has 0 aliphatic rings. The third-order valence-electron chi connectivity index (χ3n) is 2.68. The molecule has 1 aromatic carbocycles. The summed E-state index contributed by atoms with van der Waals surface area (Å²) in [5, 5.41) is 2.80. The van der Waals surface area contributed by atoms with E-state index in [-0.39, 0.29) is 5.09 Å². The Hall–Kier alpha value is -1.31.